The Bertz CT molecular complexity index is 627. The van der Waals surface area contributed by atoms with Gasteiger partial charge in [-0.05, 0) is 25.6 Å². The van der Waals surface area contributed by atoms with Gasteiger partial charge in [-0.15, -0.1) is 0 Å². The van der Waals surface area contributed by atoms with Gasteiger partial charge in [-0.2, -0.15) is 0 Å². The number of halogens is 1. The topological polar surface area (TPSA) is 66.6 Å². The van der Waals surface area contributed by atoms with E-state index in [0.29, 0.717) is 29.6 Å². The number of hydrogen-bond donors (Lipinski definition) is 1. The fourth-order valence-electron chi connectivity index (χ4n) is 2.16. The second-order valence-electron chi connectivity index (χ2n) is 4.81. The van der Waals surface area contributed by atoms with Crippen molar-refractivity contribution >= 4 is 17.6 Å². The summed E-state index contributed by atoms with van der Waals surface area (Å²) in [6.07, 6.45) is 2.14. The van der Waals surface area contributed by atoms with Crippen molar-refractivity contribution in [1.29, 1.82) is 0 Å². The van der Waals surface area contributed by atoms with Crippen molar-refractivity contribution in [3.05, 3.63) is 41.4 Å². The molecule has 1 unspecified atom stereocenters. The van der Waals surface area contributed by atoms with E-state index in [1.807, 2.05) is 19.1 Å². The number of oxazole rings is 1. The van der Waals surface area contributed by atoms with Crippen LogP contribution in [-0.4, -0.2) is 34.0 Å². The number of carboxylic acid groups (broad SMARTS) is 1. The molecule has 0 radical (unpaired) electrons. The van der Waals surface area contributed by atoms with Crippen LogP contribution in [0.5, 0.6) is 0 Å². The normalized spacial score (nSPS) is 12.6. The Hall–Kier alpha value is -1.85. The van der Waals surface area contributed by atoms with Crippen LogP contribution in [0.15, 0.2) is 34.9 Å². The molecule has 0 aliphatic rings. The maximum Gasteiger partial charge on any atom is 0.320 e. The van der Waals surface area contributed by atoms with Crippen molar-refractivity contribution < 1.29 is 14.3 Å². The van der Waals surface area contributed by atoms with Crippen LogP contribution in [0.3, 0.4) is 0 Å². The molecule has 1 N–H and O–H groups in total. The Morgan fingerprint density at radius 3 is 2.90 bits per heavy atom. The first kappa shape index (κ1) is 15.5. The lowest BCUT2D eigenvalue weighted by Crippen LogP contribution is -2.37. The summed E-state index contributed by atoms with van der Waals surface area (Å²) < 4.78 is 5.67. The Kier molecular flexibility index (Phi) is 4.98. The first-order valence-electron chi connectivity index (χ1n) is 6.65. The molecule has 0 saturated carbocycles. The molecule has 0 amide bonds. The van der Waals surface area contributed by atoms with Crippen molar-refractivity contribution in [3.8, 4) is 11.3 Å². The Morgan fingerprint density at radius 2 is 2.29 bits per heavy atom. The first-order valence-corrected chi connectivity index (χ1v) is 7.02. The molecular weight excluding hydrogens is 292 g/mol. The zero-order chi connectivity index (χ0) is 15.4. The molecule has 2 aromatic rings. The van der Waals surface area contributed by atoms with E-state index >= 15 is 0 Å². The molecule has 1 aromatic carbocycles. The second-order valence-corrected chi connectivity index (χ2v) is 5.24. The van der Waals surface area contributed by atoms with Crippen LogP contribution in [0, 0.1) is 0 Å². The van der Waals surface area contributed by atoms with Gasteiger partial charge in [0, 0.05) is 10.6 Å². The Balaban J connectivity index is 2.12. The fraction of sp³-hybridized carbons (Fsp3) is 0.333. The lowest BCUT2D eigenvalue weighted by Gasteiger charge is -2.21. The summed E-state index contributed by atoms with van der Waals surface area (Å²) in [4.78, 5) is 17.0. The van der Waals surface area contributed by atoms with Crippen LogP contribution in [0.2, 0.25) is 5.02 Å². The number of rotatable bonds is 6. The fourth-order valence-corrected chi connectivity index (χ4v) is 2.35. The molecule has 0 spiro atoms. The third-order valence-corrected chi connectivity index (χ3v) is 3.49. The minimum Gasteiger partial charge on any atom is -0.480 e. The molecule has 21 heavy (non-hydrogen) atoms. The van der Waals surface area contributed by atoms with E-state index in [2.05, 4.69) is 4.98 Å². The standard InChI is InChI=1S/C15H17ClN2O3/c1-3-12(15(19)20)18(2)9-14-17-8-13(21-14)10-5-4-6-11(16)7-10/h4-8,12H,3,9H2,1-2H3,(H,19,20). The van der Waals surface area contributed by atoms with Crippen molar-refractivity contribution in [1.82, 2.24) is 9.88 Å². The highest BCUT2D eigenvalue weighted by atomic mass is 35.5. The summed E-state index contributed by atoms with van der Waals surface area (Å²) in [5, 5.41) is 9.75. The smallest absolute Gasteiger partial charge is 0.320 e. The predicted molar refractivity (Wildman–Crippen MR) is 80.1 cm³/mol. The van der Waals surface area contributed by atoms with Crippen LogP contribution in [0.1, 0.15) is 19.2 Å². The molecule has 1 atom stereocenters. The average molecular weight is 309 g/mol. The van der Waals surface area contributed by atoms with Gasteiger partial charge in [0.05, 0.1) is 12.7 Å². The van der Waals surface area contributed by atoms with Gasteiger partial charge in [0.2, 0.25) is 5.89 Å². The summed E-state index contributed by atoms with van der Waals surface area (Å²) in [5.74, 6) is 0.248. The Labute approximate surface area is 128 Å². The van der Waals surface area contributed by atoms with Gasteiger partial charge >= 0.3 is 5.97 Å². The van der Waals surface area contributed by atoms with E-state index in [-0.39, 0.29) is 0 Å². The molecule has 5 nitrogen and oxygen atoms in total. The summed E-state index contributed by atoms with van der Waals surface area (Å²) in [6.45, 7) is 2.17. The molecule has 0 bridgehead atoms. The third-order valence-electron chi connectivity index (χ3n) is 3.25. The number of aromatic nitrogens is 1. The summed E-state index contributed by atoms with van der Waals surface area (Å²) in [5.41, 5.74) is 0.842. The van der Waals surface area contributed by atoms with Gasteiger partial charge in [0.15, 0.2) is 5.76 Å². The van der Waals surface area contributed by atoms with E-state index in [4.69, 9.17) is 21.1 Å². The van der Waals surface area contributed by atoms with Crippen LogP contribution in [0.25, 0.3) is 11.3 Å². The van der Waals surface area contributed by atoms with Crippen LogP contribution < -0.4 is 0 Å². The number of nitrogens with zero attached hydrogens (tertiary/aromatic N) is 2. The van der Waals surface area contributed by atoms with E-state index in [0.717, 1.165) is 5.56 Å². The molecule has 0 aliphatic heterocycles. The van der Waals surface area contributed by atoms with Gasteiger partial charge in [-0.3, -0.25) is 9.69 Å². The van der Waals surface area contributed by atoms with Crippen molar-refractivity contribution in [2.24, 2.45) is 0 Å². The van der Waals surface area contributed by atoms with E-state index in [9.17, 15) is 4.79 Å². The van der Waals surface area contributed by atoms with E-state index in [1.54, 1.807) is 30.3 Å². The lowest BCUT2D eigenvalue weighted by atomic mass is 10.2. The number of hydrogen-bond acceptors (Lipinski definition) is 4. The van der Waals surface area contributed by atoms with Crippen LogP contribution in [-0.2, 0) is 11.3 Å². The zero-order valence-corrected chi connectivity index (χ0v) is 12.7. The number of likely N-dealkylation sites (N-methyl/N-ethyl adjacent to an activating group) is 1. The zero-order valence-electron chi connectivity index (χ0n) is 11.9. The van der Waals surface area contributed by atoms with E-state index < -0.39 is 12.0 Å². The average Bonchev–Trinajstić information content (AvgIpc) is 2.87. The van der Waals surface area contributed by atoms with Crippen molar-refractivity contribution in [2.45, 2.75) is 25.9 Å². The largest absolute Gasteiger partial charge is 0.480 e. The quantitative estimate of drug-likeness (QED) is 0.887. The highest BCUT2D eigenvalue weighted by Crippen LogP contribution is 2.24. The van der Waals surface area contributed by atoms with Crippen LogP contribution >= 0.6 is 11.6 Å². The molecule has 1 aromatic heterocycles. The minimum atomic E-state index is -0.846. The molecule has 0 aliphatic carbocycles. The number of carboxylic acids is 1. The molecule has 112 valence electrons. The summed E-state index contributed by atoms with van der Waals surface area (Å²) >= 11 is 5.95. The van der Waals surface area contributed by atoms with Gasteiger partial charge < -0.3 is 9.52 Å². The highest BCUT2D eigenvalue weighted by molar-refractivity contribution is 6.30. The number of aliphatic carboxylic acids is 1. The molecule has 2 rings (SSSR count). The van der Waals surface area contributed by atoms with Crippen molar-refractivity contribution in [2.75, 3.05) is 7.05 Å². The van der Waals surface area contributed by atoms with Crippen molar-refractivity contribution in [3.63, 3.8) is 0 Å². The molecule has 0 saturated heterocycles. The van der Waals surface area contributed by atoms with Gasteiger partial charge in [0.1, 0.15) is 6.04 Å². The highest BCUT2D eigenvalue weighted by Gasteiger charge is 2.22. The summed E-state index contributed by atoms with van der Waals surface area (Å²) in [7, 11) is 1.74. The molecule has 1 heterocycles. The second kappa shape index (κ2) is 6.74. The number of benzene rings is 1. The maximum absolute atomic E-state index is 11.1. The lowest BCUT2D eigenvalue weighted by molar-refractivity contribution is -0.143. The van der Waals surface area contributed by atoms with Crippen LogP contribution in [0.4, 0.5) is 0 Å². The van der Waals surface area contributed by atoms with E-state index in [1.165, 1.54) is 0 Å². The number of carbonyl (C=O) groups is 1. The minimum absolute atomic E-state index is 0.339. The Morgan fingerprint density at radius 1 is 1.52 bits per heavy atom. The van der Waals surface area contributed by atoms with Gasteiger partial charge in [0.25, 0.3) is 0 Å². The monoisotopic (exact) mass is 308 g/mol. The van der Waals surface area contributed by atoms with Gasteiger partial charge in [-0.25, -0.2) is 4.98 Å². The SMILES string of the molecule is CCC(C(=O)O)N(C)Cc1ncc(-c2cccc(Cl)c2)o1. The molecule has 0 fully saturated rings. The molecular formula is C15H17ClN2O3. The predicted octanol–water partition coefficient (Wildman–Crippen LogP) is 3.29. The maximum atomic E-state index is 11.1. The summed E-state index contributed by atoms with van der Waals surface area (Å²) in [6, 6.07) is 6.75. The first-order chi connectivity index (χ1) is 10.0. The molecule has 6 heteroatoms. The van der Waals surface area contributed by atoms with Gasteiger partial charge in [-0.1, -0.05) is 30.7 Å². The third kappa shape index (κ3) is 3.83.